The van der Waals surface area contributed by atoms with E-state index in [0.717, 1.165) is 28.4 Å². The smallest absolute Gasteiger partial charge is 0.236 e. The van der Waals surface area contributed by atoms with Crippen LogP contribution in [0.2, 0.25) is 0 Å². The van der Waals surface area contributed by atoms with Crippen molar-refractivity contribution in [3.63, 3.8) is 0 Å². The second-order valence-electron chi connectivity index (χ2n) is 6.46. The van der Waals surface area contributed by atoms with Gasteiger partial charge in [0.1, 0.15) is 5.75 Å². The quantitative estimate of drug-likeness (QED) is 0.763. The first kappa shape index (κ1) is 18.1. The topological polar surface area (TPSA) is 51.2 Å². The standard InChI is InChI=1S/C20H24N2O4/c1-21(11-16-6-9-18-19(10-16)26-14-25-18)13-20(23)22(2)12-15-4-7-17(24-3)8-5-15/h4-10H,11-14H2,1-3H3. The second-order valence-corrected chi connectivity index (χ2v) is 6.46. The van der Waals surface area contributed by atoms with Crippen molar-refractivity contribution in [1.82, 2.24) is 9.80 Å². The Morgan fingerprint density at radius 1 is 1.00 bits per heavy atom. The van der Waals surface area contributed by atoms with Crippen LogP contribution >= 0.6 is 0 Å². The predicted molar refractivity (Wildman–Crippen MR) is 98.4 cm³/mol. The molecule has 0 saturated heterocycles. The van der Waals surface area contributed by atoms with Gasteiger partial charge in [0.25, 0.3) is 0 Å². The highest BCUT2D eigenvalue weighted by atomic mass is 16.7. The van der Waals surface area contributed by atoms with E-state index in [1.807, 2.05) is 61.5 Å². The summed E-state index contributed by atoms with van der Waals surface area (Å²) >= 11 is 0. The van der Waals surface area contributed by atoms with Gasteiger partial charge >= 0.3 is 0 Å². The van der Waals surface area contributed by atoms with Gasteiger partial charge in [-0.3, -0.25) is 9.69 Å². The Morgan fingerprint density at radius 2 is 1.69 bits per heavy atom. The van der Waals surface area contributed by atoms with Gasteiger partial charge in [0.05, 0.1) is 13.7 Å². The van der Waals surface area contributed by atoms with E-state index in [-0.39, 0.29) is 12.7 Å². The van der Waals surface area contributed by atoms with E-state index in [4.69, 9.17) is 14.2 Å². The lowest BCUT2D eigenvalue weighted by Crippen LogP contribution is -2.36. The zero-order chi connectivity index (χ0) is 18.5. The van der Waals surface area contributed by atoms with Crippen LogP contribution < -0.4 is 14.2 Å². The van der Waals surface area contributed by atoms with Gasteiger partial charge in [-0.25, -0.2) is 0 Å². The van der Waals surface area contributed by atoms with Gasteiger partial charge in [-0.2, -0.15) is 0 Å². The van der Waals surface area contributed by atoms with Crippen LogP contribution in [0.3, 0.4) is 0 Å². The van der Waals surface area contributed by atoms with Crippen LogP contribution in [0.1, 0.15) is 11.1 Å². The van der Waals surface area contributed by atoms with Gasteiger partial charge in [0.2, 0.25) is 12.7 Å². The maximum atomic E-state index is 12.5. The number of carbonyl (C=O) groups is 1. The second kappa shape index (κ2) is 8.10. The first-order chi connectivity index (χ1) is 12.5. The lowest BCUT2D eigenvalue weighted by atomic mass is 10.2. The van der Waals surface area contributed by atoms with Gasteiger partial charge in [-0.1, -0.05) is 18.2 Å². The van der Waals surface area contributed by atoms with E-state index in [2.05, 4.69) is 0 Å². The van der Waals surface area contributed by atoms with Gasteiger partial charge in [0, 0.05) is 20.1 Å². The van der Waals surface area contributed by atoms with Gasteiger partial charge in [-0.15, -0.1) is 0 Å². The fourth-order valence-electron chi connectivity index (χ4n) is 2.85. The molecule has 1 amide bonds. The number of likely N-dealkylation sites (N-methyl/N-ethyl adjacent to an activating group) is 2. The molecule has 0 spiro atoms. The molecule has 2 aromatic carbocycles. The summed E-state index contributed by atoms with van der Waals surface area (Å²) in [5.74, 6) is 2.42. The molecule has 0 bridgehead atoms. The molecule has 0 fully saturated rings. The highest BCUT2D eigenvalue weighted by Gasteiger charge is 2.16. The number of nitrogens with zero attached hydrogens (tertiary/aromatic N) is 2. The maximum absolute atomic E-state index is 12.5. The molecule has 1 heterocycles. The zero-order valence-electron chi connectivity index (χ0n) is 15.4. The molecule has 1 aliphatic rings. The summed E-state index contributed by atoms with van der Waals surface area (Å²) in [7, 11) is 5.39. The van der Waals surface area contributed by atoms with E-state index >= 15 is 0 Å². The van der Waals surface area contributed by atoms with Gasteiger partial charge < -0.3 is 19.1 Å². The van der Waals surface area contributed by atoms with Crippen LogP contribution in [-0.4, -0.2) is 50.2 Å². The van der Waals surface area contributed by atoms with Crippen molar-refractivity contribution < 1.29 is 19.0 Å². The molecule has 0 saturated carbocycles. The van der Waals surface area contributed by atoms with E-state index in [1.165, 1.54) is 0 Å². The molecule has 1 aliphatic heterocycles. The lowest BCUT2D eigenvalue weighted by molar-refractivity contribution is -0.131. The first-order valence-corrected chi connectivity index (χ1v) is 8.49. The average Bonchev–Trinajstić information content (AvgIpc) is 3.10. The Labute approximate surface area is 153 Å². The Morgan fingerprint density at radius 3 is 2.42 bits per heavy atom. The minimum absolute atomic E-state index is 0.0732. The molecule has 3 rings (SSSR count). The number of fused-ring (bicyclic) bond motifs is 1. The molecule has 6 nitrogen and oxygen atoms in total. The van der Waals surface area contributed by atoms with Crippen molar-refractivity contribution in [2.75, 3.05) is 34.5 Å². The van der Waals surface area contributed by atoms with Crippen molar-refractivity contribution in [1.29, 1.82) is 0 Å². The average molecular weight is 356 g/mol. The highest BCUT2D eigenvalue weighted by molar-refractivity contribution is 5.78. The number of amides is 1. The number of hydrogen-bond acceptors (Lipinski definition) is 5. The number of methoxy groups -OCH3 is 1. The molecular formula is C20H24N2O4. The van der Waals surface area contributed by atoms with E-state index in [1.54, 1.807) is 12.0 Å². The van der Waals surface area contributed by atoms with Crippen LogP contribution in [-0.2, 0) is 17.9 Å². The number of hydrogen-bond donors (Lipinski definition) is 0. The summed E-state index contributed by atoms with van der Waals surface area (Å²) in [6.07, 6.45) is 0. The molecule has 0 aromatic heterocycles. The van der Waals surface area contributed by atoms with Crippen molar-refractivity contribution in [2.45, 2.75) is 13.1 Å². The summed E-state index contributed by atoms with van der Waals surface area (Å²) < 4.78 is 15.9. The molecule has 138 valence electrons. The fraction of sp³-hybridized carbons (Fsp3) is 0.350. The highest BCUT2D eigenvalue weighted by Crippen LogP contribution is 2.32. The van der Waals surface area contributed by atoms with E-state index < -0.39 is 0 Å². The van der Waals surface area contributed by atoms with Crippen molar-refractivity contribution in [3.05, 3.63) is 53.6 Å². The zero-order valence-corrected chi connectivity index (χ0v) is 15.4. The molecule has 6 heteroatoms. The summed E-state index contributed by atoms with van der Waals surface area (Å²) in [6.45, 7) is 1.85. The van der Waals surface area contributed by atoms with Crippen molar-refractivity contribution in [3.8, 4) is 17.2 Å². The van der Waals surface area contributed by atoms with E-state index in [9.17, 15) is 4.79 Å². The summed E-state index contributed by atoms with van der Waals surface area (Å²) in [6, 6.07) is 13.6. The molecule has 0 aliphatic carbocycles. The third kappa shape index (κ3) is 4.46. The normalized spacial score (nSPS) is 12.3. The Bertz CT molecular complexity index is 761. The van der Waals surface area contributed by atoms with Crippen LogP contribution in [0.15, 0.2) is 42.5 Å². The number of carbonyl (C=O) groups excluding carboxylic acids is 1. The Balaban J connectivity index is 1.51. The minimum atomic E-state index is 0.0732. The molecule has 0 radical (unpaired) electrons. The molecule has 0 atom stereocenters. The van der Waals surface area contributed by atoms with Crippen LogP contribution in [0.25, 0.3) is 0 Å². The number of ether oxygens (including phenoxy) is 3. The van der Waals surface area contributed by atoms with Crippen LogP contribution in [0.4, 0.5) is 0 Å². The first-order valence-electron chi connectivity index (χ1n) is 8.49. The van der Waals surface area contributed by atoms with Gasteiger partial charge in [-0.05, 0) is 42.4 Å². The summed E-state index contributed by atoms with van der Waals surface area (Å²) in [5, 5.41) is 0. The van der Waals surface area contributed by atoms with Crippen molar-refractivity contribution >= 4 is 5.91 Å². The van der Waals surface area contributed by atoms with Crippen molar-refractivity contribution in [2.24, 2.45) is 0 Å². The Kier molecular flexibility index (Phi) is 5.63. The van der Waals surface area contributed by atoms with Gasteiger partial charge in [0.15, 0.2) is 11.5 Å². The summed E-state index contributed by atoms with van der Waals surface area (Å²) in [5.41, 5.74) is 2.16. The molecule has 2 aromatic rings. The Hall–Kier alpha value is -2.73. The monoisotopic (exact) mass is 356 g/mol. The molecule has 26 heavy (non-hydrogen) atoms. The predicted octanol–water partition coefficient (Wildman–Crippen LogP) is 2.51. The molecule has 0 N–H and O–H groups in total. The van der Waals surface area contributed by atoms with E-state index in [0.29, 0.717) is 19.6 Å². The van der Waals surface area contributed by atoms with Crippen LogP contribution in [0, 0.1) is 0 Å². The third-order valence-electron chi connectivity index (χ3n) is 4.30. The largest absolute Gasteiger partial charge is 0.497 e. The number of rotatable bonds is 7. The SMILES string of the molecule is COc1ccc(CN(C)C(=O)CN(C)Cc2ccc3c(c2)OCO3)cc1. The maximum Gasteiger partial charge on any atom is 0.236 e. The number of benzene rings is 2. The fourth-order valence-corrected chi connectivity index (χ4v) is 2.85. The molecule has 0 unspecified atom stereocenters. The molecular weight excluding hydrogens is 332 g/mol. The third-order valence-corrected chi connectivity index (χ3v) is 4.30. The minimum Gasteiger partial charge on any atom is -0.497 e. The summed E-state index contributed by atoms with van der Waals surface area (Å²) in [4.78, 5) is 16.2. The van der Waals surface area contributed by atoms with Crippen LogP contribution in [0.5, 0.6) is 17.2 Å². The lowest BCUT2D eigenvalue weighted by Gasteiger charge is -2.22.